The maximum Gasteiger partial charge on any atom is 0.127 e. The summed E-state index contributed by atoms with van der Waals surface area (Å²) >= 11 is 5.90. The first kappa shape index (κ1) is 14.0. The normalized spacial score (nSPS) is 16.0. The van der Waals surface area contributed by atoms with Crippen molar-refractivity contribution in [3.63, 3.8) is 0 Å². The topological polar surface area (TPSA) is 58.6 Å². The predicted octanol–water partition coefficient (Wildman–Crippen LogP) is 2.96. The van der Waals surface area contributed by atoms with Gasteiger partial charge in [0.05, 0.1) is 0 Å². The van der Waals surface area contributed by atoms with Crippen LogP contribution in [0.2, 0.25) is 5.02 Å². The third-order valence-corrected chi connectivity index (χ3v) is 3.99. The SMILES string of the molecule is NCC(O)(c1ccc(Cl)cc1)c1ccc(C2=CN=C2)cc1. The van der Waals surface area contributed by atoms with E-state index in [1.165, 1.54) is 0 Å². The molecule has 3 rings (SSSR count). The zero-order valence-electron chi connectivity index (χ0n) is 11.3. The van der Waals surface area contributed by atoms with Gasteiger partial charge in [-0.1, -0.05) is 48.0 Å². The Morgan fingerprint density at radius 3 is 1.95 bits per heavy atom. The van der Waals surface area contributed by atoms with Crippen molar-refractivity contribution >= 4 is 23.4 Å². The first-order valence-corrected chi connectivity index (χ1v) is 7.04. The van der Waals surface area contributed by atoms with E-state index in [0.29, 0.717) is 5.02 Å². The molecule has 1 atom stereocenters. The number of nitrogens with two attached hydrogens (primary N) is 1. The molecule has 21 heavy (non-hydrogen) atoms. The highest BCUT2D eigenvalue weighted by Crippen LogP contribution is 2.30. The third kappa shape index (κ3) is 2.51. The van der Waals surface area contributed by atoms with Crippen molar-refractivity contribution in [2.45, 2.75) is 5.60 Å². The van der Waals surface area contributed by atoms with Crippen molar-refractivity contribution in [3.8, 4) is 0 Å². The van der Waals surface area contributed by atoms with Gasteiger partial charge in [-0.15, -0.1) is 0 Å². The number of hydrogen-bond donors (Lipinski definition) is 2. The van der Waals surface area contributed by atoms with E-state index in [2.05, 4.69) is 4.99 Å². The minimum absolute atomic E-state index is 0.0954. The lowest BCUT2D eigenvalue weighted by molar-refractivity contribution is 0.0902. The van der Waals surface area contributed by atoms with Gasteiger partial charge in [-0.2, -0.15) is 0 Å². The fourth-order valence-electron chi connectivity index (χ4n) is 2.36. The van der Waals surface area contributed by atoms with Gasteiger partial charge in [0.1, 0.15) is 5.60 Å². The van der Waals surface area contributed by atoms with Crippen LogP contribution in [0.15, 0.2) is 59.7 Å². The highest BCUT2D eigenvalue weighted by molar-refractivity contribution is 6.30. The van der Waals surface area contributed by atoms with E-state index in [4.69, 9.17) is 17.3 Å². The van der Waals surface area contributed by atoms with Gasteiger partial charge in [0, 0.05) is 29.6 Å². The van der Waals surface area contributed by atoms with Crippen LogP contribution in [-0.2, 0) is 5.60 Å². The van der Waals surface area contributed by atoms with Gasteiger partial charge >= 0.3 is 0 Å². The number of hydrogen-bond acceptors (Lipinski definition) is 3. The minimum atomic E-state index is -1.22. The molecule has 0 aromatic heterocycles. The molecule has 1 aliphatic rings. The lowest BCUT2D eigenvalue weighted by Gasteiger charge is -2.28. The van der Waals surface area contributed by atoms with Crippen LogP contribution in [-0.4, -0.2) is 17.9 Å². The van der Waals surface area contributed by atoms with Crippen LogP contribution >= 0.6 is 11.6 Å². The average Bonchev–Trinajstić information content (AvgIpc) is 2.46. The van der Waals surface area contributed by atoms with Crippen LogP contribution in [0.4, 0.5) is 0 Å². The largest absolute Gasteiger partial charge is 0.379 e. The highest BCUT2D eigenvalue weighted by atomic mass is 35.5. The maximum absolute atomic E-state index is 10.9. The Balaban J connectivity index is 1.96. The van der Waals surface area contributed by atoms with E-state index in [9.17, 15) is 5.11 Å². The lowest BCUT2D eigenvalue weighted by Crippen LogP contribution is -2.36. The van der Waals surface area contributed by atoms with E-state index in [0.717, 1.165) is 22.3 Å². The first-order chi connectivity index (χ1) is 10.1. The van der Waals surface area contributed by atoms with Gasteiger partial charge in [0.15, 0.2) is 0 Å². The Labute approximate surface area is 128 Å². The number of benzene rings is 2. The van der Waals surface area contributed by atoms with Crippen LogP contribution in [0.1, 0.15) is 16.7 Å². The summed E-state index contributed by atoms with van der Waals surface area (Å²) in [6.45, 7) is 0.0954. The van der Waals surface area contributed by atoms with Crippen molar-refractivity contribution < 1.29 is 5.11 Å². The summed E-state index contributed by atoms with van der Waals surface area (Å²) in [5.74, 6) is 0. The van der Waals surface area contributed by atoms with Gasteiger partial charge in [-0.25, -0.2) is 0 Å². The number of aliphatic imine (C=N–C) groups is 1. The zero-order valence-corrected chi connectivity index (χ0v) is 12.1. The zero-order chi connectivity index (χ0) is 14.9. The number of rotatable bonds is 4. The van der Waals surface area contributed by atoms with E-state index >= 15 is 0 Å². The second kappa shape index (κ2) is 5.45. The van der Waals surface area contributed by atoms with E-state index in [1.54, 1.807) is 24.3 Å². The fraction of sp³-hybridized carbons (Fsp3) is 0.118. The molecule has 3 N–H and O–H groups in total. The summed E-state index contributed by atoms with van der Waals surface area (Å²) in [6, 6.07) is 14.8. The fourth-order valence-corrected chi connectivity index (χ4v) is 2.49. The van der Waals surface area contributed by atoms with Crippen molar-refractivity contribution in [2.75, 3.05) is 6.54 Å². The van der Waals surface area contributed by atoms with Crippen LogP contribution in [0.25, 0.3) is 5.57 Å². The van der Waals surface area contributed by atoms with Gasteiger partial charge in [-0.3, -0.25) is 4.99 Å². The number of halogens is 1. The Hall–Kier alpha value is -1.94. The first-order valence-electron chi connectivity index (χ1n) is 6.66. The van der Waals surface area contributed by atoms with E-state index in [-0.39, 0.29) is 6.54 Å². The molecule has 2 aromatic carbocycles. The number of allylic oxidation sites excluding steroid dienone is 1. The van der Waals surface area contributed by atoms with Crippen LogP contribution in [0, 0.1) is 0 Å². The smallest absolute Gasteiger partial charge is 0.127 e. The maximum atomic E-state index is 10.9. The second-order valence-electron chi connectivity index (χ2n) is 5.01. The van der Waals surface area contributed by atoms with Crippen molar-refractivity contribution in [3.05, 3.63) is 76.4 Å². The van der Waals surface area contributed by atoms with Crippen LogP contribution in [0.5, 0.6) is 0 Å². The van der Waals surface area contributed by atoms with Gasteiger partial charge in [-0.05, 0) is 28.8 Å². The molecular weight excluding hydrogens is 284 g/mol. The molecule has 0 amide bonds. The number of aliphatic hydroxyl groups is 1. The van der Waals surface area contributed by atoms with Gasteiger partial charge in [0.25, 0.3) is 0 Å². The van der Waals surface area contributed by atoms with Gasteiger partial charge in [0.2, 0.25) is 0 Å². The molecule has 1 heterocycles. The number of nitrogens with zero attached hydrogens (tertiary/aromatic N) is 1. The Morgan fingerprint density at radius 1 is 1.00 bits per heavy atom. The molecule has 0 spiro atoms. The molecule has 0 saturated carbocycles. The molecule has 0 fully saturated rings. The van der Waals surface area contributed by atoms with Crippen molar-refractivity contribution in [2.24, 2.45) is 10.7 Å². The molecule has 1 unspecified atom stereocenters. The standard InChI is InChI=1S/C17H15ClN2O/c18-16-7-5-15(6-8-16)17(21,11-19)14-3-1-12(2-4-14)13-9-20-10-13/h1-10,21H,11,19H2. The van der Waals surface area contributed by atoms with E-state index in [1.807, 2.05) is 36.7 Å². The Bertz CT molecular complexity index is 705. The molecule has 3 nitrogen and oxygen atoms in total. The summed E-state index contributed by atoms with van der Waals surface area (Å²) in [5.41, 5.74) is 8.26. The van der Waals surface area contributed by atoms with Gasteiger partial charge < -0.3 is 10.8 Å². The third-order valence-electron chi connectivity index (χ3n) is 3.74. The molecule has 2 aromatic rings. The second-order valence-corrected chi connectivity index (χ2v) is 5.45. The quantitative estimate of drug-likeness (QED) is 0.912. The molecule has 106 valence electrons. The molecule has 0 aliphatic carbocycles. The Morgan fingerprint density at radius 2 is 1.52 bits per heavy atom. The molecule has 4 heteroatoms. The summed E-state index contributed by atoms with van der Waals surface area (Å²) in [6.07, 6.45) is 3.62. The van der Waals surface area contributed by atoms with Crippen LogP contribution < -0.4 is 5.73 Å². The molecule has 0 saturated heterocycles. The van der Waals surface area contributed by atoms with Crippen molar-refractivity contribution in [1.82, 2.24) is 0 Å². The summed E-state index contributed by atoms with van der Waals surface area (Å²) < 4.78 is 0. The summed E-state index contributed by atoms with van der Waals surface area (Å²) in [4.78, 5) is 3.95. The molecule has 1 aliphatic heterocycles. The average molecular weight is 299 g/mol. The lowest BCUT2D eigenvalue weighted by atomic mass is 9.85. The molecule has 0 bridgehead atoms. The van der Waals surface area contributed by atoms with Crippen molar-refractivity contribution in [1.29, 1.82) is 0 Å². The van der Waals surface area contributed by atoms with E-state index < -0.39 is 5.60 Å². The molecule has 0 radical (unpaired) electrons. The summed E-state index contributed by atoms with van der Waals surface area (Å²) in [7, 11) is 0. The molecular formula is C17H15ClN2O. The Kier molecular flexibility index (Phi) is 3.64. The minimum Gasteiger partial charge on any atom is -0.379 e. The predicted molar refractivity (Wildman–Crippen MR) is 86.4 cm³/mol. The summed E-state index contributed by atoms with van der Waals surface area (Å²) in [5, 5.41) is 11.6. The monoisotopic (exact) mass is 298 g/mol. The van der Waals surface area contributed by atoms with Crippen LogP contribution in [0.3, 0.4) is 0 Å². The highest BCUT2D eigenvalue weighted by Gasteiger charge is 2.29.